The summed E-state index contributed by atoms with van der Waals surface area (Å²) in [4.78, 5) is 17.2. The Morgan fingerprint density at radius 3 is 2.32 bits per heavy atom. The van der Waals surface area contributed by atoms with Gasteiger partial charge in [0.1, 0.15) is 0 Å². The van der Waals surface area contributed by atoms with Crippen molar-refractivity contribution in [3.05, 3.63) is 117 Å². The molecule has 37 heavy (non-hydrogen) atoms. The van der Waals surface area contributed by atoms with Gasteiger partial charge in [0.15, 0.2) is 0 Å². The Bertz CT molecular complexity index is 1390. The van der Waals surface area contributed by atoms with Crippen LogP contribution in [-0.4, -0.2) is 18.2 Å². The molecule has 0 radical (unpaired) electrons. The number of allylic oxidation sites excluding steroid dienone is 6. The fraction of sp³-hybridized carbons (Fsp3) is 0.226. The second-order valence-electron chi connectivity index (χ2n) is 9.62. The van der Waals surface area contributed by atoms with Gasteiger partial charge in [0.25, 0.3) is 5.91 Å². The maximum Gasteiger partial charge on any atom is 0.251 e. The largest absolute Gasteiger partial charge is 0.356 e. The van der Waals surface area contributed by atoms with E-state index in [1.54, 1.807) is 12.1 Å². The standard InChI is InChI=1S/C31H31Cl2N3O/c1-18-14-19(2)30(36-22(5)25-10-13-28(32)29(33)16-25)27(15-18)20(3)21(4)35-26-11-8-24(9-12-26)31(37)34-17-23-6-7-23/h8-16,23,35H,4-7,17H2,1-3H3,(H,34,37)/b27-20+,36-30?. The van der Waals surface area contributed by atoms with Crippen molar-refractivity contribution in [2.24, 2.45) is 10.9 Å². The van der Waals surface area contributed by atoms with Gasteiger partial charge in [0.05, 0.1) is 21.5 Å². The van der Waals surface area contributed by atoms with E-state index in [0.29, 0.717) is 27.2 Å². The van der Waals surface area contributed by atoms with Crippen molar-refractivity contribution in [3.63, 3.8) is 0 Å². The number of benzene rings is 2. The Morgan fingerprint density at radius 2 is 1.68 bits per heavy atom. The van der Waals surface area contributed by atoms with Crippen molar-refractivity contribution in [2.75, 3.05) is 11.9 Å². The van der Waals surface area contributed by atoms with Crippen LogP contribution in [0.3, 0.4) is 0 Å². The third-order valence-corrected chi connectivity index (χ3v) is 7.23. The molecule has 0 bridgehead atoms. The van der Waals surface area contributed by atoms with Gasteiger partial charge in [-0.25, -0.2) is 4.99 Å². The maximum absolute atomic E-state index is 12.3. The average molecular weight is 533 g/mol. The van der Waals surface area contributed by atoms with E-state index in [1.165, 1.54) is 12.8 Å². The van der Waals surface area contributed by atoms with E-state index in [9.17, 15) is 4.79 Å². The molecule has 6 heteroatoms. The number of nitrogens with one attached hydrogen (secondary N) is 2. The van der Waals surface area contributed by atoms with Crippen LogP contribution in [0.5, 0.6) is 0 Å². The minimum absolute atomic E-state index is 0.0382. The van der Waals surface area contributed by atoms with Crippen LogP contribution in [-0.2, 0) is 0 Å². The van der Waals surface area contributed by atoms with Crippen LogP contribution in [0, 0.1) is 5.92 Å². The maximum atomic E-state index is 12.3. The van der Waals surface area contributed by atoms with Crippen molar-refractivity contribution in [1.82, 2.24) is 5.32 Å². The van der Waals surface area contributed by atoms with E-state index in [-0.39, 0.29) is 5.91 Å². The quantitative estimate of drug-likeness (QED) is 0.359. The molecule has 2 aromatic rings. The molecular formula is C31H31Cl2N3O. The normalized spacial score (nSPS) is 17.6. The highest BCUT2D eigenvalue weighted by Crippen LogP contribution is 2.31. The highest BCUT2D eigenvalue weighted by Gasteiger charge is 2.22. The lowest BCUT2D eigenvalue weighted by Gasteiger charge is -2.20. The second kappa shape index (κ2) is 11.4. The summed E-state index contributed by atoms with van der Waals surface area (Å²) >= 11 is 12.3. The van der Waals surface area contributed by atoms with Gasteiger partial charge in [-0.05, 0) is 93.2 Å². The summed E-state index contributed by atoms with van der Waals surface area (Å²) in [5, 5.41) is 7.32. The van der Waals surface area contributed by atoms with Crippen molar-refractivity contribution in [2.45, 2.75) is 33.6 Å². The molecule has 1 fully saturated rings. The summed E-state index contributed by atoms with van der Waals surface area (Å²) in [6.07, 6.45) is 6.62. The molecule has 0 aromatic heterocycles. The van der Waals surface area contributed by atoms with Crippen molar-refractivity contribution < 1.29 is 4.79 Å². The van der Waals surface area contributed by atoms with Crippen LogP contribution in [0.4, 0.5) is 5.69 Å². The summed E-state index contributed by atoms with van der Waals surface area (Å²) in [6.45, 7) is 15.3. The second-order valence-corrected chi connectivity index (χ2v) is 10.4. The van der Waals surface area contributed by atoms with Crippen LogP contribution in [0.25, 0.3) is 5.70 Å². The van der Waals surface area contributed by atoms with E-state index >= 15 is 0 Å². The number of aliphatic imine (C=N–C) groups is 1. The fourth-order valence-electron chi connectivity index (χ4n) is 4.07. The molecule has 0 saturated heterocycles. The molecule has 1 saturated carbocycles. The number of hydrogen-bond acceptors (Lipinski definition) is 3. The predicted octanol–water partition coefficient (Wildman–Crippen LogP) is 8.39. The lowest BCUT2D eigenvalue weighted by Crippen LogP contribution is -2.25. The Hall–Kier alpha value is -3.34. The molecule has 2 N–H and O–H groups in total. The zero-order chi connectivity index (χ0) is 26.7. The minimum atomic E-state index is -0.0382. The number of halogens is 2. The molecule has 190 valence electrons. The average Bonchev–Trinajstić information content (AvgIpc) is 3.70. The monoisotopic (exact) mass is 531 g/mol. The zero-order valence-electron chi connectivity index (χ0n) is 21.4. The molecule has 2 aliphatic carbocycles. The number of carbonyl (C=O) groups excluding carboxylic acids is 1. The van der Waals surface area contributed by atoms with E-state index < -0.39 is 0 Å². The first kappa shape index (κ1) is 26.7. The van der Waals surface area contributed by atoms with Gasteiger partial charge in [-0.15, -0.1) is 0 Å². The lowest BCUT2D eigenvalue weighted by atomic mass is 9.90. The topological polar surface area (TPSA) is 53.5 Å². The molecule has 2 aromatic carbocycles. The van der Waals surface area contributed by atoms with E-state index in [2.05, 4.69) is 42.9 Å². The first-order valence-electron chi connectivity index (χ1n) is 12.3. The van der Waals surface area contributed by atoms with E-state index in [4.69, 9.17) is 28.2 Å². The van der Waals surface area contributed by atoms with Crippen molar-refractivity contribution in [1.29, 1.82) is 0 Å². The first-order chi connectivity index (χ1) is 17.6. The van der Waals surface area contributed by atoms with Gasteiger partial charge in [0.2, 0.25) is 0 Å². The molecule has 1 amide bonds. The first-order valence-corrected chi connectivity index (χ1v) is 13.0. The van der Waals surface area contributed by atoms with Gasteiger partial charge >= 0.3 is 0 Å². The minimum Gasteiger partial charge on any atom is -0.356 e. The molecular weight excluding hydrogens is 501 g/mol. The van der Waals surface area contributed by atoms with Gasteiger partial charge < -0.3 is 10.6 Å². The molecule has 0 atom stereocenters. The Labute approximate surface area is 229 Å². The number of nitrogens with zero attached hydrogens (tertiary/aromatic N) is 1. The molecule has 0 unspecified atom stereocenters. The van der Waals surface area contributed by atoms with Gasteiger partial charge in [-0.2, -0.15) is 0 Å². The summed E-state index contributed by atoms with van der Waals surface area (Å²) in [7, 11) is 0. The number of rotatable bonds is 8. The molecule has 0 heterocycles. The van der Waals surface area contributed by atoms with Gasteiger partial charge in [-0.1, -0.05) is 54.1 Å². The number of hydrogen-bond donors (Lipinski definition) is 2. The van der Waals surface area contributed by atoms with E-state index in [0.717, 1.165) is 51.5 Å². The zero-order valence-corrected chi connectivity index (χ0v) is 22.9. The number of amides is 1. The van der Waals surface area contributed by atoms with Crippen molar-refractivity contribution in [3.8, 4) is 0 Å². The van der Waals surface area contributed by atoms with Crippen LogP contribution in [0.15, 0.2) is 101 Å². The van der Waals surface area contributed by atoms with Crippen molar-refractivity contribution >= 4 is 46.2 Å². The molecule has 4 nitrogen and oxygen atoms in total. The van der Waals surface area contributed by atoms with Gasteiger partial charge in [0, 0.05) is 34.6 Å². The van der Waals surface area contributed by atoms with Crippen LogP contribution in [0.2, 0.25) is 10.0 Å². The summed E-state index contributed by atoms with van der Waals surface area (Å²) in [5.41, 5.74) is 8.54. The number of carbonyl (C=O) groups is 1. The summed E-state index contributed by atoms with van der Waals surface area (Å²) in [6, 6.07) is 12.8. The summed E-state index contributed by atoms with van der Waals surface area (Å²) in [5.74, 6) is 0.610. The highest BCUT2D eigenvalue weighted by molar-refractivity contribution is 6.42. The Kier molecular flexibility index (Phi) is 8.21. The Balaban J connectivity index is 1.54. The predicted molar refractivity (Wildman–Crippen MR) is 157 cm³/mol. The van der Waals surface area contributed by atoms with Crippen LogP contribution < -0.4 is 10.6 Å². The van der Waals surface area contributed by atoms with Gasteiger partial charge in [-0.3, -0.25) is 4.79 Å². The Morgan fingerprint density at radius 1 is 1.00 bits per heavy atom. The molecule has 2 aliphatic rings. The molecule has 4 rings (SSSR count). The fourth-order valence-corrected chi connectivity index (χ4v) is 4.36. The lowest BCUT2D eigenvalue weighted by molar-refractivity contribution is 0.0952. The smallest absolute Gasteiger partial charge is 0.251 e. The summed E-state index contributed by atoms with van der Waals surface area (Å²) < 4.78 is 0. The van der Waals surface area contributed by atoms with E-state index in [1.807, 2.05) is 44.2 Å². The van der Waals surface area contributed by atoms with Crippen LogP contribution >= 0.6 is 23.2 Å². The third kappa shape index (κ3) is 6.71. The van der Waals surface area contributed by atoms with Crippen LogP contribution in [0.1, 0.15) is 49.5 Å². The number of anilines is 1. The third-order valence-electron chi connectivity index (χ3n) is 6.49. The SMILES string of the molecule is C=C(Nc1ccc(C(=O)NCC2CC2)cc1)/C(C)=C1\C=C(C)C=C(C)C1=NC(=C)c1ccc(Cl)c(Cl)c1. The highest BCUT2D eigenvalue weighted by atomic mass is 35.5. The molecule has 0 spiro atoms. The molecule has 0 aliphatic heterocycles.